The van der Waals surface area contributed by atoms with Crippen molar-refractivity contribution in [2.45, 2.75) is 25.0 Å². The first-order valence-corrected chi connectivity index (χ1v) is 10.4. The van der Waals surface area contributed by atoms with Crippen molar-refractivity contribution in [2.75, 3.05) is 0 Å². The maximum Gasteiger partial charge on any atom is 0.217 e. The molecular weight excluding hydrogens is 583 g/mol. The molecule has 0 radical (unpaired) electrons. The van der Waals surface area contributed by atoms with Gasteiger partial charge in [0.25, 0.3) is 0 Å². The average Bonchev–Trinajstić information content (AvgIpc) is 3.25. The first-order valence-electron chi connectivity index (χ1n) is 10.4. The number of rotatable bonds is 3. The topological polar surface area (TPSA) is 63.9 Å². The molecule has 5 nitrogen and oxygen atoms in total. The average molecular weight is 603 g/mol. The molecule has 3 aromatic carbocycles. The fraction of sp³-hybridized carbons (Fsp3) is 0.154. The van der Waals surface area contributed by atoms with E-state index in [1.54, 1.807) is 18.2 Å². The van der Waals surface area contributed by atoms with E-state index in [0.717, 1.165) is 23.8 Å². The Morgan fingerprint density at radius 1 is 0.969 bits per heavy atom. The minimum Gasteiger partial charge on any atom is -0.514 e. The van der Waals surface area contributed by atoms with Crippen molar-refractivity contribution in [1.29, 1.82) is 0 Å². The molecule has 0 amide bonds. The molecule has 6 heteroatoms. The van der Waals surface area contributed by atoms with Crippen LogP contribution < -0.4 is 4.74 Å². The van der Waals surface area contributed by atoms with Crippen molar-refractivity contribution in [1.82, 2.24) is 4.98 Å². The Hall–Kier alpha value is -3.17. The van der Waals surface area contributed by atoms with Crippen LogP contribution in [0.2, 0.25) is 0 Å². The molecule has 2 aliphatic rings. The predicted molar refractivity (Wildman–Crippen MR) is 118 cm³/mol. The second kappa shape index (κ2) is 8.40. The van der Waals surface area contributed by atoms with Gasteiger partial charge in [0.2, 0.25) is 5.88 Å². The van der Waals surface area contributed by atoms with E-state index in [1.165, 1.54) is 11.1 Å². The number of aryl methyl sites for hydroxylation is 1. The maximum atomic E-state index is 10.1. The van der Waals surface area contributed by atoms with Crippen molar-refractivity contribution >= 4 is 16.8 Å². The van der Waals surface area contributed by atoms with Crippen LogP contribution >= 0.6 is 0 Å². The molecule has 2 atom stereocenters. The number of aromatic hydroxyl groups is 1. The molecule has 0 bridgehead atoms. The summed E-state index contributed by atoms with van der Waals surface area (Å²) < 4.78 is 12.1. The fourth-order valence-corrected chi connectivity index (χ4v) is 4.33. The van der Waals surface area contributed by atoms with Gasteiger partial charge in [-0.2, -0.15) is 0 Å². The summed E-state index contributed by atoms with van der Waals surface area (Å²) in [5.74, 6) is 1.62. The summed E-state index contributed by atoms with van der Waals surface area (Å²) in [6.45, 7) is 0. The van der Waals surface area contributed by atoms with Gasteiger partial charge in [-0.15, -0.1) is 18.2 Å². The zero-order valence-corrected chi connectivity index (χ0v) is 19.2. The van der Waals surface area contributed by atoms with Crippen molar-refractivity contribution in [3.05, 3.63) is 95.6 Å². The standard InChI is InChI=1S/C26H19N2O3.Pt/c29-21-10-4-6-17-12-14-23(27-24(17)21)30-19-8-3-7-18(15-19)26-28-25-20-9-2-1-5-16(20)11-13-22(25)31-26;/h1-10,12,14,22,25,29H,11,13H2;/q-1;/t22-,25+;/m0./s1. The summed E-state index contributed by atoms with van der Waals surface area (Å²) in [5.41, 5.74) is 3.86. The molecule has 4 aromatic rings. The normalized spacial score (nSPS) is 18.7. The van der Waals surface area contributed by atoms with Crippen molar-refractivity contribution in [2.24, 2.45) is 4.99 Å². The number of ether oxygens (including phenoxy) is 2. The number of pyridine rings is 1. The number of hydrogen-bond acceptors (Lipinski definition) is 5. The number of para-hydroxylation sites is 1. The van der Waals surface area contributed by atoms with Gasteiger partial charge < -0.3 is 14.6 Å². The largest absolute Gasteiger partial charge is 0.514 e. The number of nitrogens with zero attached hydrogens (tertiary/aromatic N) is 2. The van der Waals surface area contributed by atoms with Crippen LogP contribution in [0.1, 0.15) is 29.2 Å². The number of aromatic nitrogens is 1. The van der Waals surface area contributed by atoms with Gasteiger partial charge >= 0.3 is 0 Å². The van der Waals surface area contributed by atoms with Gasteiger partial charge in [-0.25, -0.2) is 4.98 Å². The molecule has 162 valence electrons. The molecule has 0 unspecified atom stereocenters. The van der Waals surface area contributed by atoms with Gasteiger partial charge in [0.15, 0.2) is 0 Å². The van der Waals surface area contributed by atoms with Gasteiger partial charge in [0, 0.05) is 38.3 Å². The molecule has 0 spiro atoms. The van der Waals surface area contributed by atoms with Gasteiger partial charge in [0.1, 0.15) is 29.3 Å². The zero-order chi connectivity index (χ0) is 20.8. The van der Waals surface area contributed by atoms with Crippen molar-refractivity contribution in [3.8, 4) is 17.4 Å². The van der Waals surface area contributed by atoms with Crippen LogP contribution in [-0.4, -0.2) is 22.1 Å². The van der Waals surface area contributed by atoms with Crippen LogP contribution in [0.5, 0.6) is 17.4 Å². The molecule has 1 aliphatic carbocycles. The Kier molecular flexibility index (Phi) is 5.44. The first-order chi connectivity index (χ1) is 15.2. The maximum absolute atomic E-state index is 10.1. The Morgan fingerprint density at radius 3 is 2.78 bits per heavy atom. The monoisotopic (exact) mass is 602 g/mol. The summed E-state index contributed by atoms with van der Waals surface area (Å²) in [6, 6.07) is 26.3. The minimum atomic E-state index is 0. The Bertz CT molecular complexity index is 1340. The molecule has 0 saturated carbocycles. The quantitative estimate of drug-likeness (QED) is 0.321. The summed E-state index contributed by atoms with van der Waals surface area (Å²) in [6.07, 6.45) is 2.02. The Morgan fingerprint density at radius 2 is 1.84 bits per heavy atom. The number of benzene rings is 3. The van der Waals surface area contributed by atoms with Gasteiger partial charge in [-0.05, 0) is 36.1 Å². The molecule has 0 fully saturated rings. The van der Waals surface area contributed by atoms with Crippen LogP contribution in [0.3, 0.4) is 0 Å². The third-order valence-corrected chi connectivity index (χ3v) is 5.83. The molecule has 6 rings (SSSR count). The minimum absolute atomic E-state index is 0. The number of aliphatic imine (C=N–C) groups is 1. The van der Waals surface area contributed by atoms with Gasteiger partial charge in [-0.1, -0.05) is 48.0 Å². The predicted octanol–water partition coefficient (Wildman–Crippen LogP) is 5.36. The molecule has 32 heavy (non-hydrogen) atoms. The van der Waals surface area contributed by atoms with Crippen LogP contribution in [0.15, 0.2) is 77.8 Å². The van der Waals surface area contributed by atoms with E-state index < -0.39 is 0 Å². The molecular formula is C26H19N2O3Pt-. The van der Waals surface area contributed by atoms with E-state index in [4.69, 9.17) is 14.5 Å². The van der Waals surface area contributed by atoms with Crippen LogP contribution in [0, 0.1) is 6.07 Å². The van der Waals surface area contributed by atoms with Gasteiger partial charge in [0.05, 0.1) is 0 Å². The summed E-state index contributed by atoms with van der Waals surface area (Å²) in [4.78, 5) is 9.31. The fourth-order valence-electron chi connectivity index (χ4n) is 4.33. The summed E-state index contributed by atoms with van der Waals surface area (Å²) in [5, 5.41) is 10.9. The Balaban J connectivity index is 0.00000216. The third kappa shape index (κ3) is 3.67. The molecule has 1 aromatic heterocycles. The Labute approximate surface area is 200 Å². The van der Waals surface area contributed by atoms with Crippen molar-refractivity contribution < 1.29 is 35.6 Å². The van der Waals surface area contributed by atoms with Crippen LogP contribution in [0.25, 0.3) is 10.9 Å². The van der Waals surface area contributed by atoms with Crippen LogP contribution in [-0.2, 0) is 32.2 Å². The smallest absolute Gasteiger partial charge is 0.217 e. The van der Waals surface area contributed by atoms with E-state index in [2.05, 4.69) is 35.3 Å². The molecule has 1 aliphatic heterocycles. The number of hydrogen-bond donors (Lipinski definition) is 1. The van der Waals surface area contributed by atoms with Crippen molar-refractivity contribution in [3.63, 3.8) is 0 Å². The molecule has 1 N–H and O–H groups in total. The van der Waals surface area contributed by atoms with Crippen LogP contribution in [0.4, 0.5) is 0 Å². The number of phenolic OH excluding ortho intramolecular Hbond substituents is 1. The van der Waals surface area contributed by atoms with E-state index in [0.29, 0.717) is 23.0 Å². The molecule has 2 heterocycles. The second-order valence-corrected chi connectivity index (χ2v) is 7.80. The van der Waals surface area contributed by atoms with E-state index in [1.807, 2.05) is 30.3 Å². The SMILES string of the molecule is Oc1cccc2ccc(Oc3[c-]c(C4=N[C@@H]5c6ccccc6CC[C@@H]5O4)ccc3)nc12.[Pt]. The number of phenols is 1. The molecule has 0 saturated heterocycles. The van der Waals surface area contributed by atoms with E-state index in [9.17, 15) is 5.11 Å². The summed E-state index contributed by atoms with van der Waals surface area (Å²) in [7, 11) is 0. The van der Waals surface area contributed by atoms with E-state index in [-0.39, 0.29) is 39.0 Å². The second-order valence-electron chi connectivity index (χ2n) is 7.80. The third-order valence-electron chi connectivity index (χ3n) is 5.83. The summed E-state index contributed by atoms with van der Waals surface area (Å²) >= 11 is 0. The number of fused-ring (bicyclic) bond motifs is 4. The zero-order valence-electron chi connectivity index (χ0n) is 17.0. The first kappa shape index (κ1) is 20.7. The van der Waals surface area contributed by atoms with E-state index >= 15 is 0 Å². The van der Waals surface area contributed by atoms with Gasteiger partial charge in [-0.3, -0.25) is 4.99 Å².